The van der Waals surface area contributed by atoms with E-state index in [0.717, 1.165) is 36.6 Å². The Labute approximate surface area is 177 Å². The van der Waals surface area contributed by atoms with E-state index >= 15 is 0 Å². The first-order valence-corrected chi connectivity index (χ1v) is 9.98. The summed E-state index contributed by atoms with van der Waals surface area (Å²) in [5.41, 5.74) is 7.10. The summed E-state index contributed by atoms with van der Waals surface area (Å²) in [5.74, 6) is 0. The molecular weight excluding hydrogens is 446 g/mol. The Bertz CT molecular complexity index is 709. The lowest BCUT2D eigenvalue weighted by atomic mass is 10.1. The van der Waals surface area contributed by atoms with Crippen LogP contribution in [-0.2, 0) is 6.42 Å². The van der Waals surface area contributed by atoms with Gasteiger partial charge in [-0.25, -0.2) is 0 Å². The molecule has 0 radical (unpaired) electrons. The number of alkyl halides is 1. The number of anilines is 1. The highest BCUT2D eigenvalue weighted by molar-refractivity contribution is 9.09. The standard InChI is InChI=1S/C10H13NO3.C6H6N2O2.C3H7BrO/c12-8-2-1-3-9-4-6-10(7-5-9)11(13)14;7-5-1-3-6(4-2-5)8(9)10;4-2-1-3-5/h4-7,12H,1-3,8H2;1-4H,7H2;5H,1-3H2. The smallest absolute Gasteiger partial charge is 0.269 e. The molecule has 0 bridgehead atoms. The first-order valence-electron chi connectivity index (χ1n) is 8.86. The lowest BCUT2D eigenvalue weighted by Crippen LogP contribution is -1.90. The number of aliphatic hydroxyl groups excluding tert-OH is 2. The van der Waals surface area contributed by atoms with Crippen molar-refractivity contribution in [3.8, 4) is 0 Å². The van der Waals surface area contributed by atoms with Crippen molar-refractivity contribution < 1.29 is 20.1 Å². The van der Waals surface area contributed by atoms with E-state index in [4.69, 9.17) is 15.9 Å². The number of non-ortho nitro benzene ring substituents is 2. The maximum Gasteiger partial charge on any atom is 0.269 e. The Morgan fingerprint density at radius 3 is 1.59 bits per heavy atom. The molecule has 9 nitrogen and oxygen atoms in total. The van der Waals surface area contributed by atoms with Gasteiger partial charge in [0.2, 0.25) is 0 Å². The number of aryl methyl sites for hydroxylation is 1. The molecule has 0 saturated carbocycles. The minimum atomic E-state index is -0.459. The average Bonchev–Trinajstić information content (AvgIpc) is 2.70. The second kappa shape index (κ2) is 16.4. The van der Waals surface area contributed by atoms with Gasteiger partial charge in [-0.2, -0.15) is 0 Å². The molecule has 0 unspecified atom stereocenters. The fourth-order valence-electron chi connectivity index (χ4n) is 1.88. The molecule has 4 N–H and O–H groups in total. The quantitative estimate of drug-likeness (QED) is 0.173. The van der Waals surface area contributed by atoms with E-state index in [1.54, 1.807) is 12.1 Å². The van der Waals surface area contributed by atoms with E-state index in [1.807, 2.05) is 0 Å². The molecule has 0 aliphatic carbocycles. The van der Waals surface area contributed by atoms with E-state index in [2.05, 4.69) is 15.9 Å². The topological polar surface area (TPSA) is 153 Å². The summed E-state index contributed by atoms with van der Waals surface area (Å²) >= 11 is 3.15. The molecule has 0 aliphatic heterocycles. The van der Waals surface area contributed by atoms with Crippen molar-refractivity contribution in [3.05, 3.63) is 74.3 Å². The van der Waals surface area contributed by atoms with Crippen LogP contribution in [0, 0.1) is 20.2 Å². The molecular formula is C19H26BrN3O6. The van der Waals surface area contributed by atoms with Gasteiger partial charge in [-0.15, -0.1) is 0 Å². The predicted molar refractivity (Wildman–Crippen MR) is 116 cm³/mol. The van der Waals surface area contributed by atoms with Crippen molar-refractivity contribution >= 4 is 33.0 Å². The zero-order valence-corrected chi connectivity index (χ0v) is 17.5. The van der Waals surface area contributed by atoms with Crippen LogP contribution in [0.4, 0.5) is 17.1 Å². The van der Waals surface area contributed by atoms with Crippen LogP contribution >= 0.6 is 15.9 Å². The monoisotopic (exact) mass is 471 g/mol. The first-order chi connectivity index (χ1) is 13.8. The zero-order chi connectivity index (χ0) is 22.1. The summed E-state index contributed by atoms with van der Waals surface area (Å²) in [6.45, 7) is 0.498. The van der Waals surface area contributed by atoms with Gasteiger partial charge in [-0.3, -0.25) is 20.2 Å². The van der Waals surface area contributed by atoms with Gasteiger partial charge < -0.3 is 15.9 Å². The van der Waals surface area contributed by atoms with Crippen LogP contribution in [0.2, 0.25) is 0 Å². The number of aliphatic hydroxyl groups is 2. The predicted octanol–water partition coefficient (Wildman–Crippen LogP) is 3.85. The summed E-state index contributed by atoms with van der Waals surface area (Å²) in [6.07, 6.45) is 3.41. The van der Waals surface area contributed by atoms with Crippen molar-refractivity contribution in [1.29, 1.82) is 0 Å². The van der Waals surface area contributed by atoms with Crippen LogP contribution in [0.15, 0.2) is 48.5 Å². The van der Waals surface area contributed by atoms with Crippen LogP contribution in [0.5, 0.6) is 0 Å². The normalized spacial score (nSPS) is 9.48. The molecule has 2 aromatic carbocycles. The third-order valence-corrected chi connectivity index (χ3v) is 3.98. The Balaban J connectivity index is 0.000000455. The van der Waals surface area contributed by atoms with E-state index in [-0.39, 0.29) is 18.0 Å². The number of nitro benzene ring substituents is 2. The van der Waals surface area contributed by atoms with Gasteiger partial charge in [0.15, 0.2) is 0 Å². The fraction of sp³-hybridized carbons (Fsp3) is 0.368. The van der Waals surface area contributed by atoms with Crippen molar-refractivity contribution in [2.24, 2.45) is 0 Å². The maximum absolute atomic E-state index is 10.3. The minimum absolute atomic E-state index is 0.0641. The van der Waals surface area contributed by atoms with Crippen molar-refractivity contribution in [1.82, 2.24) is 0 Å². The summed E-state index contributed by atoms with van der Waals surface area (Å²) in [7, 11) is 0. The molecule has 0 amide bonds. The first kappa shape index (κ1) is 26.4. The Morgan fingerprint density at radius 2 is 1.24 bits per heavy atom. The minimum Gasteiger partial charge on any atom is -0.399 e. The second-order valence-corrected chi connectivity index (χ2v) is 6.51. The average molecular weight is 472 g/mol. The summed E-state index contributed by atoms with van der Waals surface area (Å²) in [6, 6.07) is 12.3. The summed E-state index contributed by atoms with van der Waals surface area (Å²) in [4.78, 5) is 19.6. The largest absolute Gasteiger partial charge is 0.399 e. The number of halogens is 1. The van der Waals surface area contributed by atoms with E-state index < -0.39 is 9.85 Å². The molecule has 0 fully saturated rings. The molecule has 0 spiro atoms. The van der Waals surface area contributed by atoms with Crippen LogP contribution < -0.4 is 5.73 Å². The van der Waals surface area contributed by atoms with Gasteiger partial charge in [0.1, 0.15) is 0 Å². The number of nitrogens with zero attached hydrogens (tertiary/aromatic N) is 2. The fourth-order valence-corrected chi connectivity index (χ4v) is 2.13. The number of nitrogens with two attached hydrogens (primary N) is 1. The number of nitro groups is 2. The molecule has 0 aromatic heterocycles. The molecule has 0 saturated heterocycles. The van der Waals surface area contributed by atoms with Gasteiger partial charge in [0.25, 0.3) is 11.4 Å². The highest BCUT2D eigenvalue weighted by Crippen LogP contribution is 2.13. The number of nitrogen functional groups attached to an aromatic ring is 1. The second-order valence-electron chi connectivity index (χ2n) is 5.72. The van der Waals surface area contributed by atoms with Crippen LogP contribution in [-0.4, -0.2) is 38.6 Å². The molecule has 0 heterocycles. The van der Waals surface area contributed by atoms with Gasteiger partial charge in [0, 0.05) is 48.5 Å². The van der Waals surface area contributed by atoms with Gasteiger partial charge in [-0.05, 0) is 43.4 Å². The third kappa shape index (κ3) is 13.3. The number of rotatable bonds is 8. The molecule has 160 valence electrons. The van der Waals surface area contributed by atoms with Crippen molar-refractivity contribution in [2.75, 3.05) is 24.3 Å². The SMILES string of the molecule is Nc1ccc([N+](=O)[O-])cc1.O=[N+]([O-])c1ccc(CCCCO)cc1.OCCCBr. The van der Waals surface area contributed by atoms with Crippen LogP contribution in [0.25, 0.3) is 0 Å². The highest BCUT2D eigenvalue weighted by Gasteiger charge is 2.03. The lowest BCUT2D eigenvalue weighted by Gasteiger charge is -1.99. The van der Waals surface area contributed by atoms with Crippen LogP contribution in [0.1, 0.15) is 24.8 Å². The maximum atomic E-state index is 10.3. The van der Waals surface area contributed by atoms with Crippen molar-refractivity contribution in [3.63, 3.8) is 0 Å². The number of unbranched alkanes of at least 4 members (excludes halogenated alkanes) is 1. The van der Waals surface area contributed by atoms with E-state index in [9.17, 15) is 20.2 Å². The highest BCUT2D eigenvalue weighted by atomic mass is 79.9. The van der Waals surface area contributed by atoms with Gasteiger partial charge >= 0.3 is 0 Å². The molecule has 0 aliphatic rings. The van der Waals surface area contributed by atoms with Gasteiger partial charge in [-0.1, -0.05) is 28.1 Å². The summed E-state index contributed by atoms with van der Waals surface area (Å²) < 4.78 is 0. The Hall–Kier alpha value is -2.56. The Morgan fingerprint density at radius 1 is 0.793 bits per heavy atom. The molecule has 29 heavy (non-hydrogen) atoms. The van der Waals surface area contributed by atoms with E-state index in [1.165, 1.54) is 36.4 Å². The number of benzene rings is 2. The van der Waals surface area contributed by atoms with Crippen LogP contribution in [0.3, 0.4) is 0 Å². The Kier molecular flexibility index (Phi) is 15.0. The lowest BCUT2D eigenvalue weighted by molar-refractivity contribution is -0.385. The van der Waals surface area contributed by atoms with Crippen molar-refractivity contribution in [2.45, 2.75) is 25.7 Å². The van der Waals surface area contributed by atoms with E-state index in [0.29, 0.717) is 12.3 Å². The zero-order valence-electron chi connectivity index (χ0n) is 15.9. The molecule has 2 rings (SSSR count). The molecule has 10 heteroatoms. The summed E-state index contributed by atoms with van der Waals surface area (Å²) in [5, 5.41) is 37.9. The molecule has 2 aromatic rings. The van der Waals surface area contributed by atoms with Gasteiger partial charge in [0.05, 0.1) is 9.85 Å². The molecule has 0 atom stereocenters. The third-order valence-electron chi connectivity index (χ3n) is 3.42. The number of hydrogen-bond acceptors (Lipinski definition) is 7. The number of hydrogen-bond donors (Lipinski definition) is 3.